The Morgan fingerprint density at radius 3 is 1.86 bits per heavy atom. The topological polar surface area (TPSA) is 119 Å². The van der Waals surface area contributed by atoms with E-state index in [0.29, 0.717) is 63.9 Å². The summed E-state index contributed by atoms with van der Waals surface area (Å²) in [7, 11) is -0.939. The van der Waals surface area contributed by atoms with Gasteiger partial charge in [0.1, 0.15) is 0 Å². The van der Waals surface area contributed by atoms with Crippen molar-refractivity contribution in [3.05, 3.63) is 28.4 Å². The molecule has 12 heteroatoms. The van der Waals surface area contributed by atoms with Gasteiger partial charge in [-0.2, -0.15) is 17.6 Å². The highest BCUT2D eigenvalue weighted by molar-refractivity contribution is 7.80. The van der Waals surface area contributed by atoms with Crippen molar-refractivity contribution in [2.75, 3.05) is 14.2 Å². The molecule has 0 radical (unpaired) electrons. The van der Waals surface area contributed by atoms with E-state index in [4.69, 9.17) is 41.2 Å². The van der Waals surface area contributed by atoms with Crippen LogP contribution in [0.3, 0.4) is 0 Å². The summed E-state index contributed by atoms with van der Waals surface area (Å²) in [6, 6.07) is -0.617. The molecule has 0 aliphatic carbocycles. The van der Waals surface area contributed by atoms with Crippen LogP contribution in [0.25, 0.3) is 0 Å². The summed E-state index contributed by atoms with van der Waals surface area (Å²) >= 11 is 5.04. The lowest BCUT2D eigenvalue weighted by atomic mass is 9.93. The molecule has 0 fully saturated rings. The smallest absolute Gasteiger partial charge is 0.338 e. The first-order chi connectivity index (χ1) is 19.3. The number of methoxy groups -OCH3 is 2. The SMILES string of the molecule is COC(=O)c1c(C)c(OC)c(O[SiH](C)C(C)(C)C(C)C)c(O[SiH](C)C(C)(C)C(C)C)c1C(S)CC(N)c1nc(C)no1. The molecule has 42 heavy (non-hydrogen) atoms. The molecule has 0 amide bonds. The average molecular weight is 640 g/mol. The molecular weight excluding hydrogens is 587 g/mol. The highest BCUT2D eigenvalue weighted by Crippen LogP contribution is 2.53. The van der Waals surface area contributed by atoms with Gasteiger partial charge in [0.25, 0.3) is 0 Å². The van der Waals surface area contributed by atoms with E-state index in [1.165, 1.54) is 7.11 Å². The van der Waals surface area contributed by atoms with E-state index < -0.39 is 35.3 Å². The van der Waals surface area contributed by atoms with Gasteiger partial charge < -0.3 is 28.6 Å². The third-order valence-corrected chi connectivity index (χ3v) is 16.7. The van der Waals surface area contributed by atoms with Crippen LogP contribution in [0.4, 0.5) is 0 Å². The molecule has 0 saturated heterocycles. The zero-order chi connectivity index (χ0) is 32.3. The Morgan fingerprint density at radius 2 is 1.45 bits per heavy atom. The maximum absolute atomic E-state index is 13.5. The summed E-state index contributed by atoms with van der Waals surface area (Å²) in [5.74, 6) is 2.52. The minimum Gasteiger partial charge on any atom is -0.543 e. The minimum absolute atomic E-state index is 0.0455. The van der Waals surface area contributed by atoms with Crippen LogP contribution in [0.15, 0.2) is 4.52 Å². The van der Waals surface area contributed by atoms with Crippen LogP contribution in [0, 0.1) is 25.7 Å². The third kappa shape index (κ3) is 7.54. The van der Waals surface area contributed by atoms with Gasteiger partial charge in [-0.3, -0.25) is 0 Å². The van der Waals surface area contributed by atoms with Gasteiger partial charge in [-0.15, -0.1) is 0 Å². The van der Waals surface area contributed by atoms with Crippen LogP contribution in [-0.4, -0.2) is 48.4 Å². The van der Waals surface area contributed by atoms with Gasteiger partial charge >= 0.3 is 5.97 Å². The van der Waals surface area contributed by atoms with Gasteiger partial charge in [-0.25, -0.2) is 4.79 Å². The molecule has 1 heterocycles. The Kier molecular flexibility index (Phi) is 12.2. The van der Waals surface area contributed by atoms with E-state index in [1.54, 1.807) is 14.0 Å². The zero-order valence-corrected chi connectivity index (χ0v) is 31.2. The molecule has 0 aliphatic heterocycles. The summed E-state index contributed by atoms with van der Waals surface area (Å²) in [5.41, 5.74) is 8.04. The number of aryl methyl sites for hydroxylation is 1. The number of nitrogens with two attached hydrogens (primary N) is 1. The summed E-state index contributed by atoms with van der Waals surface area (Å²) in [4.78, 5) is 17.8. The number of carbonyl (C=O) groups is 1. The van der Waals surface area contributed by atoms with Crippen LogP contribution in [0.5, 0.6) is 17.2 Å². The quantitative estimate of drug-likeness (QED) is 0.130. The number of aromatic nitrogens is 2. The fraction of sp³-hybridized carbons (Fsp3) is 0.700. The first-order valence-corrected chi connectivity index (χ1v) is 19.6. The van der Waals surface area contributed by atoms with Crippen LogP contribution in [0.2, 0.25) is 23.2 Å². The van der Waals surface area contributed by atoms with E-state index in [1.807, 2.05) is 6.92 Å². The number of thiol groups is 1. The maximum Gasteiger partial charge on any atom is 0.338 e. The van der Waals surface area contributed by atoms with Crippen molar-refractivity contribution in [2.45, 2.75) is 110 Å². The lowest BCUT2D eigenvalue weighted by molar-refractivity contribution is 0.0597. The Bertz CT molecular complexity index is 1230. The molecule has 2 rings (SSSR count). The summed E-state index contributed by atoms with van der Waals surface area (Å²) in [6.45, 7) is 25.7. The van der Waals surface area contributed by atoms with E-state index in [0.717, 1.165) is 0 Å². The number of rotatable bonds is 14. The van der Waals surface area contributed by atoms with E-state index in [9.17, 15) is 4.79 Å². The largest absolute Gasteiger partial charge is 0.543 e. The second-order valence-electron chi connectivity index (χ2n) is 13.1. The highest BCUT2D eigenvalue weighted by atomic mass is 32.1. The summed E-state index contributed by atoms with van der Waals surface area (Å²) < 4.78 is 30.6. The van der Waals surface area contributed by atoms with Crippen molar-refractivity contribution in [1.82, 2.24) is 10.1 Å². The Morgan fingerprint density at radius 1 is 0.952 bits per heavy atom. The molecule has 4 unspecified atom stereocenters. The molecule has 2 aromatic rings. The first kappa shape index (κ1) is 36.2. The van der Waals surface area contributed by atoms with Crippen LogP contribution >= 0.6 is 12.6 Å². The van der Waals surface area contributed by atoms with Gasteiger partial charge in [0, 0.05) is 16.4 Å². The monoisotopic (exact) mass is 639 g/mol. The first-order valence-electron chi connectivity index (χ1n) is 14.7. The highest BCUT2D eigenvalue weighted by Gasteiger charge is 2.40. The number of esters is 1. The summed E-state index contributed by atoms with van der Waals surface area (Å²) in [6.07, 6.45) is 0.296. The summed E-state index contributed by atoms with van der Waals surface area (Å²) in [5, 5.41) is 3.20. The molecule has 0 saturated carbocycles. The number of nitrogens with zero attached hydrogens (tertiary/aromatic N) is 2. The van der Waals surface area contributed by atoms with Gasteiger partial charge in [0.2, 0.25) is 24.0 Å². The lowest BCUT2D eigenvalue weighted by Crippen LogP contribution is -2.37. The molecule has 4 atom stereocenters. The fourth-order valence-corrected chi connectivity index (χ4v) is 8.61. The van der Waals surface area contributed by atoms with Gasteiger partial charge in [-0.1, -0.05) is 60.5 Å². The molecule has 0 spiro atoms. The van der Waals surface area contributed by atoms with Crippen LogP contribution < -0.4 is 19.3 Å². The molecule has 1 aromatic heterocycles. The Hall–Kier alpha value is -2.03. The van der Waals surface area contributed by atoms with Crippen molar-refractivity contribution >= 4 is 36.7 Å². The van der Waals surface area contributed by atoms with Gasteiger partial charge in [0.15, 0.2) is 23.1 Å². The van der Waals surface area contributed by atoms with Crippen LogP contribution in [-0.2, 0) is 4.74 Å². The lowest BCUT2D eigenvalue weighted by Gasteiger charge is -2.38. The molecule has 0 aliphatic rings. The van der Waals surface area contributed by atoms with Gasteiger partial charge in [0.05, 0.1) is 25.8 Å². The van der Waals surface area contributed by atoms with Crippen molar-refractivity contribution in [2.24, 2.45) is 17.6 Å². The Labute approximate surface area is 261 Å². The predicted octanol–water partition coefficient (Wildman–Crippen LogP) is 6.88. The maximum atomic E-state index is 13.5. The Balaban J connectivity index is 2.93. The number of benzene rings is 1. The van der Waals surface area contributed by atoms with Crippen molar-refractivity contribution in [3.63, 3.8) is 0 Å². The molecule has 2 N–H and O–H groups in total. The van der Waals surface area contributed by atoms with Gasteiger partial charge in [-0.05, 0) is 55.3 Å². The number of ether oxygens (including phenoxy) is 2. The molecule has 9 nitrogen and oxygen atoms in total. The molecule has 0 bridgehead atoms. The fourth-order valence-electron chi connectivity index (χ4n) is 4.50. The standard InChI is InChI=1S/C30H53N3O6SSi2/c1-16(2)29(7,8)41(13)38-25-23(21(40)15-20(31)27-32-19(6)33-37-27)22(28(34)36-12)18(5)24(35-11)26(25)39-42(14)30(9,10)17(3)4/h16-17,20-21,40-42H,15,31H2,1-14H3. The normalized spacial score (nSPS) is 15.4. The number of hydrogen-bond donors (Lipinski definition) is 2. The van der Waals surface area contributed by atoms with Crippen molar-refractivity contribution < 1.29 is 27.6 Å². The van der Waals surface area contributed by atoms with Crippen molar-refractivity contribution in [3.8, 4) is 17.2 Å². The number of carbonyl (C=O) groups excluding carboxylic acids is 1. The molecule has 1 aromatic carbocycles. The van der Waals surface area contributed by atoms with Crippen LogP contribution in [0.1, 0.15) is 106 Å². The number of hydrogen-bond acceptors (Lipinski definition) is 10. The predicted molar refractivity (Wildman–Crippen MR) is 176 cm³/mol. The molecular formula is C30H53N3O6SSi2. The molecule has 238 valence electrons. The zero-order valence-electron chi connectivity index (χ0n) is 28.0. The minimum atomic E-state index is -1.98. The van der Waals surface area contributed by atoms with Crippen molar-refractivity contribution in [1.29, 1.82) is 0 Å². The van der Waals surface area contributed by atoms with E-state index in [2.05, 4.69) is 78.6 Å². The van der Waals surface area contributed by atoms with E-state index >= 15 is 0 Å². The second kappa shape index (κ2) is 14.2. The second-order valence-corrected chi connectivity index (χ2v) is 19.7. The average Bonchev–Trinajstić information content (AvgIpc) is 3.35. The third-order valence-electron chi connectivity index (χ3n) is 9.57. The van der Waals surface area contributed by atoms with E-state index in [-0.39, 0.29) is 10.1 Å².